The number of carbonyl (C=O) groups is 2. The third kappa shape index (κ3) is 4.19. The molecule has 0 fully saturated rings. The maximum atomic E-state index is 12.4. The molecule has 0 aliphatic carbocycles. The van der Waals surface area contributed by atoms with Crippen LogP contribution in [0.25, 0.3) is 0 Å². The fraction of sp³-hybridized carbons (Fsp3) is 0.300. The lowest BCUT2D eigenvalue weighted by atomic mass is 9.98. The maximum absolute atomic E-state index is 12.4. The van der Waals surface area contributed by atoms with Crippen molar-refractivity contribution in [2.24, 2.45) is 0 Å². The van der Waals surface area contributed by atoms with Crippen LogP contribution < -0.4 is 0 Å². The van der Waals surface area contributed by atoms with Crippen LogP contribution in [0.5, 0.6) is 0 Å². The highest BCUT2D eigenvalue weighted by Crippen LogP contribution is 2.19. The molecule has 2 aromatic carbocycles. The molecule has 0 aliphatic rings. The number of Topliss-reactive ketones (excluding diaryl/α,β-unsaturated/α-hetero) is 1. The van der Waals surface area contributed by atoms with Crippen molar-refractivity contribution in [3.63, 3.8) is 0 Å². The van der Waals surface area contributed by atoms with E-state index in [1.165, 1.54) is 19.1 Å². The van der Waals surface area contributed by atoms with Gasteiger partial charge in [0.05, 0.1) is 16.2 Å². The van der Waals surface area contributed by atoms with Crippen molar-refractivity contribution in [2.45, 2.75) is 32.6 Å². The molecule has 0 atom stereocenters. The molecule has 0 N–H and O–H groups in total. The number of benzene rings is 2. The third-order valence-corrected chi connectivity index (χ3v) is 6.08. The van der Waals surface area contributed by atoms with Crippen LogP contribution in [0.15, 0.2) is 41.3 Å². The number of esters is 1. The molecule has 0 saturated heterocycles. The minimum Gasteiger partial charge on any atom is -0.454 e. The molecule has 5 nitrogen and oxygen atoms in total. The van der Waals surface area contributed by atoms with Gasteiger partial charge in [-0.15, -0.1) is 0 Å². The first-order valence-corrected chi connectivity index (χ1v) is 9.92. The van der Waals surface area contributed by atoms with Crippen LogP contribution in [0, 0.1) is 20.8 Å². The summed E-state index contributed by atoms with van der Waals surface area (Å²) in [7, 11) is -3.57. The Hall–Kier alpha value is -2.47. The Labute approximate surface area is 153 Å². The lowest BCUT2D eigenvalue weighted by molar-refractivity contribution is 0.0470. The lowest BCUT2D eigenvalue weighted by Gasteiger charge is -2.11. The predicted octanol–water partition coefficient (Wildman–Crippen LogP) is 3.45. The average molecular weight is 374 g/mol. The van der Waals surface area contributed by atoms with Crippen LogP contribution >= 0.6 is 0 Å². The Morgan fingerprint density at radius 3 is 2.19 bits per heavy atom. The van der Waals surface area contributed by atoms with Crippen LogP contribution in [-0.4, -0.2) is 32.5 Å². The van der Waals surface area contributed by atoms with Gasteiger partial charge in [-0.2, -0.15) is 0 Å². The van der Waals surface area contributed by atoms with E-state index in [4.69, 9.17) is 4.74 Å². The zero-order valence-corrected chi connectivity index (χ0v) is 16.1. The summed E-state index contributed by atoms with van der Waals surface area (Å²) in [6, 6.07) is 9.54. The number of ketones is 1. The summed E-state index contributed by atoms with van der Waals surface area (Å²) < 4.78 is 29.3. The summed E-state index contributed by atoms with van der Waals surface area (Å²) in [4.78, 5) is 24.7. The van der Waals surface area contributed by atoms with E-state index in [0.29, 0.717) is 5.56 Å². The average Bonchev–Trinajstić information content (AvgIpc) is 2.62. The second-order valence-corrected chi connectivity index (χ2v) is 8.40. The zero-order chi connectivity index (χ0) is 19.5. The molecule has 0 saturated carbocycles. The van der Waals surface area contributed by atoms with E-state index in [0.717, 1.165) is 16.7 Å². The maximum Gasteiger partial charge on any atom is 0.339 e. The van der Waals surface area contributed by atoms with E-state index < -0.39 is 22.4 Å². The Morgan fingerprint density at radius 2 is 1.54 bits per heavy atom. The second-order valence-electron chi connectivity index (χ2n) is 6.15. The van der Waals surface area contributed by atoms with Crippen LogP contribution in [0.2, 0.25) is 0 Å². The number of carbonyl (C=O) groups excluding carboxylic acids is 2. The van der Waals surface area contributed by atoms with E-state index in [9.17, 15) is 18.0 Å². The molecule has 0 aliphatic heterocycles. The zero-order valence-electron chi connectivity index (χ0n) is 15.3. The normalized spacial score (nSPS) is 11.2. The van der Waals surface area contributed by atoms with Crippen molar-refractivity contribution in [3.8, 4) is 0 Å². The van der Waals surface area contributed by atoms with Crippen molar-refractivity contribution >= 4 is 21.6 Å². The number of hydrogen-bond donors (Lipinski definition) is 0. The van der Waals surface area contributed by atoms with Crippen LogP contribution in [0.4, 0.5) is 0 Å². The highest BCUT2D eigenvalue weighted by Gasteiger charge is 2.22. The van der Waals surface area contributed by atoms with Gasteiger partial charge in [0, 0.05) is 5.56 Å². The molecule has 0 unspecified atom stereocenters. The summed E-state index contributed by atoms with van der Waals surface area (Å²) >= 11 is 0. The Kier molecular flexibility index (Phi) is 5.97. The summed E-state index contributed by atoms with van der Waals surface area (Å²) in [6.45, 7) is 6.75. The molecular weight excluding hydrogens is 352 g/mol. The molecule has 0 aromatic heterocycles. The van der Waals surface area contributed by atoms with E-state index >= 15 is 0 Å². The molecule has 2 aromatic rings. The van der Waals surface area contributed by atoms with Crippen molar-refractivity contribution in [1.82, 2.24) is 0 Å². The highest BCUT2D eigenvalue weighted by molar-refractivity contribution is 7.91. The molecular formula is C20H22O5S. The van der Waals surface area contributed by atoms with Crippen molar-refractivity contribution < 1.29 is 22.7 Å². The quantitative estimate of drug-likeness (QED) is 0.572. The summed E-state index contributed by atoms with van der Waals surface area (Å²) in [5.41, 5.74) is 3.30. The molecule has 0 spiro atoms. The molecule has 0 amide bonds. The van der Waals surface area contributed by atoms with Gasteiger partial charge in [0.25, 0.3) is 0 Å². The number of aryl methyl sites for hydroxylation is 3. The SMILES string of the molecule is CCS(=O)(=O)c1ccccc1C(=O)OCC(=O)c1cc(C)c(C)cc1C. The van der Waals surface area contributed by atoms with Gasteiger partial charge in [0.1, 0.15) is 0 Å². The topological polar surface area (TPSA) is 77.5 Å². The van der Waals surface area contributed by atoms with E-state index in [2.05, 4.69) is 0 Å². The monoisotopic (exact) mass is 374 g/mol. The lowest BCUT2D eigenvalue weighted by Crippen LogP contribution is -2.18. The Morgan fingerprint density at radius 1 is 0.923 bits per heavy atom. The molecule has 26 heavy (non-hydrogen) atoms. The number of sulfone groups is 1. The number of hydrogen-bond acceptors (Lipinski definition) is 5. The van der Waals surface area contributed by atoms with Gasteiger partial charge in [-0.25, -0.2) is 13.2 Å². The number of rotatable bonds is 6. The minimum absolute atomic E-state index is 0.0565. The molecule has 0 heterocycles. The first kappa shape index (κ1) is 19.8. The van der Waals surface area contributed by atoms with Gasteiger partial charge in [-0.1, -0.05) is 25.1 Å². The smallest absolute Gasteiger partial charge is 0.339 e. The van der Waals surface area contributed by atoms with E-state index in [-0.39, 0.29) is 22.0 Å². The first-order chi connectivity index (χ1) is 12.2. The van der Waals surface area contributed by atoms with Crippen LogP contribution in [-0.2, 0) is 14.6 Å². The van der Waals surface area contributed by atoms with Gasteiger partial charge >= 0.3 is 5.97 Å². The van der Waals surface area contributed by atoms with E-state index in [1.54, 1.807) is 18.2 Å². The summed E-state index contributed by atoms with van der Waals surface area (Å²) in [5.74, 6) is -1.28. The van der Waals surface area contributed by atoms with Crippen LogP contribution in [0.3, 0.4) is 0 Å². The Bertz CT molecular complexity index is 958. The van der Waals surface area contributed by atoms with Crippen molar-refractivity contribution in [2.75, 3.05) is 12.4 Å². The van der Waals surface area contributed by atoms with E-state index in [1.807, 2.05) is 26.8 Å². The second kappa shape index (κ2) is 7.83. The van der Waals surface area contributed by atoms with Gasteiger partial charge in [0.15, 0.2) is 16.4 Å². The summed E-state index contributed by atoms with van der Waals surface area (Å²) in [6.07, 6.45) is 0. The highest BCUT2D eigenvalue weighted by atomic mass is 32.2. The van der Waals surface area contributed by atoms with Crippen molar-refractivity contribution in [1.29, 1.82) is 0 Å². The molecule has 2 rings (SSSR count). The Balaban J connectivity index is 2.20. The molecule has 0 radical (unpaired) electrons. The fourth-order valence-corrected chi connectivity index (χ4v) is 3.69. The minimum atomic E-state index is -3.57. The molecule has 138 valence electrons. The fourth-order valence-electron chi connectivity index (χ4n) is 2.61. The van der Waals surface area contributed by atoms with Crippen molar-refractivity contribution in [3.05, 3.63) is 64.2 Å². The van der Waals surface area contributed by atoms with Gasteiger partial charge in [-0.05, 0) is 55.7 Å². The van der Waals surface area contributed by atoms with Gasteiger partial charge < -0.3 is 4.74 Å². The van der Waals surface area contributed by atoms with Gasteiger partial charge in [0.2, 0.25) is 5.78 Å². The first-order valence-electron chi connectivity index (χ1n) is 8.27. The summed E-state index contributed by atoms with van der Waals surface area (Å²) in [5, 5.41) is 0. The molecule has 6 heteroatoms. The number of ether oxygens (including phenoxy) is 1. The standard InChI is InChI=1S/C20H22O5S/c1-5-26(23,24)19-9-7-6-8-16(19)20(22)25-12-18(21)17-11-14(3)13(2)10-15(17)4/h6-11H,5,12H2,1-4H3. The van der Waals surface area contributed by atoms with Crippen LogP contribution in [0.1, 0.15) is 44.3 Å². The van der Waals surface area contributed by atoms with Gasteiger partial charge in [-0.3, -0.25) is 4.79 Å². The predicted molar refractivity (Wildman–Crippen MR) is 99.4 cm³/mol. The largest absolute Gasteiger partial charge is 0.454 e. The third-order valence-electron chi connectivity index (χ3n) is 4.30. The molecule has 0 bridgehead atoms.